The smallest absolute Gasteiger partial charge is 0.168 e. The van der Waals surface area contributed by atoms with Crippen LogP contribution in [0.1, 0.15) is 24.8 Å². The van der Waals surface area contributed by atoms with E-state index < -0.39 is 0 Å². The second kappa shape index (κ2) is 5.85. The molecule has 3 nitrogen and oxygen atoms in total. The van der Waals surface area contributed by atoms with E-state index in [1.165, 1.54) is 0 Å². The van der Waals surface area contributed by atoms with Gasteiger partial charge in [0.2, 0.25) is 0 Å². The van der Waals surface area contributed by atoms with Gasteiger partial charge in [0.15, 0.2) is 5.78 Å². The van der Waals surface area contributed by atoms with Crippen LogP contribution in [0.2, 0.25) is 0 Å². The first kappa shape index (κ1) is 13.5. The molecule has 1 aliphatic heterocycles. The number of rotatable bonds is 4. The second-order valence-corrected chi connectivity index (χ2v) is 6.09. The number of hydrogen-bond donors (Lipinski definition) is 0. The van der Waals surface area contributed by atoms with E-state index in [-0.39, 0.29) is 18.0 Å². The van der Waals surface area contributed by atoms with Crippen molar-refractivity contribution in [2.45, 2.75) is 38.4 Å². The fourth-order valence-electron chi connectivity index (χ4n) is 2.44. The van der Waals surface area contributed by atoms with Crippen molar-refractivity contribution < 1.29 is 9.53 Å². The number of hydrogen-bond acceptors (Lipinski definition) is 4. The zero-order chi connectivity index (χ0) is 13.9. The first-order chi connectivity index (χ1) is 9.72. The fourth-order valence-corrected chi connectivity index (χ4v) is 3.25. The number of carbonyl (C=O) groups excluding carboxylic acids is 1. The molecule has 20 heavy (non-hydrogen) atoms. The lowest BCUT2D eigenvalue weighted by atomic mass is 10.1. The molecule has 0 aliphatic carbocycles. The van der Waals surface area contributed by atoms with E-state index in [1.54, 1.807) is 11.3 Å². The number of nitrogens with zero attached hydrogens (tertiary/aromatic N) is 1. The zero-order valence-corrected chi connectivity index (χ0v) is 12.2. The summed E-state index contributed by atoms with van der Waals surface area (Å²) in [5.41, 5.74) is 2.03. The highest BCUT2D eigenvalue weighted by molar-refractivity contribution is 7.10. The van der Waals surface area contributed by atoms with Crippen molar-refractivity contribution >= 4 is 17.1 Å². The van der Waals surface area contributed by atoms with Crippen LogP contribution in [0.4, 0.5) is 0 Å². The van der Waals surface area contributed by atoms with Crippen LogP contribution in [-0.4, -0.2) is 23.0 Å². The molecule has 2 atom stereocenters. The van der Waals surface area contributed by atoms with E-state index in [2.05, 4.69) is 4.98 Å². The monoisotopic (exact) mass is 287 g/mol. The number of ether oxygens (including phenoxy) is 1. The van der Waals surface area contributed by atoms with Crippen LogP contribution in [0.3, 0.4) is 0 Å². The summed E-state index contributed by atoms with van der Waals surface area (Å²) in [5.74, 6) is 0.156. The zero-order valence-electron chi connectivity index (χ0n) is 11.4. The van der Waals surface area contributed by atoms with Crippen LogP contribution >= 0.6 is 11.3 Å². The number of ketones is 1. The molecule has 0 spiro atoms. The molecule has 104 valence electrons. The van der Waals surface area contributed by atoms with Crippen molar-refractivity contribution in [3.05, 3.63) is 40.7 Å². The summed E-state index contributed by atoms with van der Waals surface area (Å²) in [6.45, 7) is 2.02. The van der Waals surface area contributed by atoms with Crippen LogP contribution in [-0.2, 0) is 16.0 Å². The highest BCUT2D eigenvalue weighted by Crippen LogP contribution is 2.24. The first-order valence-electron chi connectivity index (χ1n) is 6.90. The largest absolute Gasteiger partial charge is 0.367 e. The van der Waals surface area contributed by atoms with Gasteiger partial charge in [-0.25, -0.2) is 4.98 Å². The van der Waals surface area contributed by atoms with E-state index in [0.717, 1.165) is 29.1 Å². The summed E-state index contributed by atoms with van der Waals surface area (Å²) in [6, 6.07) is 10.0. The van der Waals surface area contributed by atoms with Crippen LogP contribution in [0.5, 0.6) is 0 Å². The Hall–Kier alpha value is -1.52. The van der Waals surface area contributed by atoms with Crippen LogP contribution in [0, 0.1) is 0 Å². The third-order valence-electron chi connectivity index (χ3n) is 3.54. The Morgan fingerprint density at radius 2 is 2.15 bits per heavy atom. The molecule has 1 aromatic carbocycles. The van der Waals surface area contributed by atoms with Crippen LogP contribution in [0.25, 0.3) is 11.3 Å². The van der Waals surface area contributed by atoms with Crippen LogP contribution in [0.15, 0.2) is 35.7 Å². The molecule has 2 aromatic rings. The Balaban J connectivity index is 1.67. The Labute approximate surface area is 122 Å². The molecular formula is C16H17NO2S. The first-order valence-corrected chi connectivity index (χ1v) is 7.78. The van der Waals surface area contributed by atoms with Gasteiger partial charge in [-0.05, 0) is 19.8 Å². The molecule has 1 saturated heterocycles. The number of thiazole rings is 1. The van der Waals surface area contributed by atoms with Gasteiger partial charge < -0.3 is 4.74 Å². The Kier molecular flexibility index (Phi) is 3.94. The minimum atomic E-state index is -0.228. The standard InChI is InChI=1S/C16H17NO2S/c1-11-7-8-15(19-11)14(18)9-16-17-13(10-20-16)12-5-3-2-4-6-12/h2-6,10-11,15H,7-9H2,1H3. The Morgan fingerprint density at radius 3 is 2.85 bits per heavy atom. The molecule has 0 saturated carbocycles. The van der Waals surface area contributed by atoms with Crippen molar-refractivity contribution in [1.82, 2.24) is 4.98 Å². The molecule has 1 aliphatic rings. The number of carbonyl (C=O) groups is 1. The lowest BCUT2D eigenvalue weighted by Gasteiger charge is -2.08. The van der Waals surface area contributed by atoms with E-state index >= 15 is 0 Å². The summed E-state index contributed by atoms with van der Waals surface area (Å²) >= 11 is 1.54. The van der Waals surface area contributed by atoms with Gasteiger partial charge in [-0.15, -0.1) is 11.3 Å². The average molecular weight is 287 g/mol. The van der Waals surface area contributed by atoms with Crippen LogP contribution < -0.4 is 0 Å². The lowest BCUT2D eigenvalue weighted by Crippen LogP contribution is -2.22. The normalized spacial score (nSPS) is 22.1. The van der Waals surface area contributed by atoms with E-state index in [9.17, 15) is 4.79 Å². The predicted molar refractivity (Wildman–Crippen MR) is 79.8 cm³/mol. The SMILES string of the molecule is CC1CCC(C(=O)Cc2nc(-c3ccccc3)cs2)O1. The Morgan fingerprint density at radius 1 is 1.35 bits per heavy atom. The van der Waals surface area contributed by atoms with E-state index in [1.807, 2.05) is 42.6 Å². The molecule has 0 N–H and O–H groups in total. The maximum Gasteiger partial charge on any atom is 0.168 e. The predicted octanol–water partition coefficient (Wildman–Crippen LogP) is 3.49. The highest BCUT2D eigenvalue weighted by atomic mass is 32.1. The minimum absolute atomic E-state index is 0.156. The number of aromatic nitrogens is 1. The van der Waals surface area contributed by atoms with Gasteiger partial charge in [0.25, 0.3) is 0 Å². The average Bonchev–Trinajstić information content (AvgIpc) is 3.09. The molecular weight excluding hydrogens is 270 g/mol. The van der Waals surface area contributed by atoms with Crippen molar-refractivity contribution in [3.8, 4) is 11.3 Å². The van der Waals surface area contributed by atoms with Crippen molar-refractivity contribution in [2.75, 3.05) is 0 Å². The fraction of sp³-hybridized carbons (Fsp3) is 0.375. The summed E-state index contributed by atoms with van der Waals surface area (Å²) < 4.78 is 5.61. The van der Waals surface area contributed by atoms with E-state index in [0.29, 0.717) is 6.42 Å². The molecule has 1 aromatic heterocycles. The number of benzene rings is 1. The summed E-state index contributed by atoms with van der Waals surface area (Å²) in [5, 5.41) is 2.88. The number of Topliss-reactive ketones (excluding diaryl/α,β-unsaturated/α-hetero) is 1. The lowest BCUT2D eigenvalue weighted by molar-refractivity contribution is -0.128. The third-order valence-corrected chi connectivity index (χ3v) is 4.39. The molecule has 0 bridgehead atoms. The minimum Gasteiger partial charge on any atom is -0.367 e. The summed E-state index contributed by atoms with van der Waals surface area (Å²) in [6.07, 6.45) is 2.18. The van der Waals surface area contributed by atoms with Crippen molar-refractivity contribution in [2.24, 2.45) is 0 Å². The van der Waals surface area contributed by atoms with Crippen molar-refractivity contribution in [1.29, 1.82) is 0 Å². The van der Waals surface area contributed by atoms with Gasteiger partial charge in [0.05, 0.1) is 18.2 Å². The molecule has 1 fully saturated rings. The molecule has 0 radical (unpaired) electrons. The highest BCUT2D eigenvalue weighted by Gasteiger charge is 2.28. The molecule has 2 heterocycles. The van der Waals surface area contributed by atoms with Gasteiger partial charge in [-0.1, -0.05) is 30.3 Å². The molecule has 4 heteroatoms. The summed E-state index contributed by atoms with van der Waals surface area (Å²) in [7, 11) is 0. The topological polar surface area (TPSA) is 39.2 Å². The van der Waals surface area contributed by atoms with Gasteiger partial charge in [0, 0.05) is 10.9 Å². The quantitative estimate of drug-likeness (QED) is 0.864. The van der Waals surface area contributed by atoms with E-state index in [4.69, 9.17) is 4.74 Å². The second-order valence-electron chi connectivity index (χ2n) is 5.15. The summed E-state index contributed by atoms with van der Waals surface area (Å²) in [4.78, 5) is 16.7. The maximum absolute atomic E-state index is 12.1. The maximum atomic E-state index is 12.1. The van der Waals surface area contributed by atoms with Gasteiger partial charge in [-0.2, -0.15) is 0 Å². The molecule has 3 rings (SSSR count). The van der Waals surface area contributed by atoms with Gasteiger partial charge >= 0.3 is 0 Å². The Bertz CT molecular complexity index is 594. The molecule has 2 unspecified atom stereocenters. The third kappa shape index (κ3) is 2.97. The van der Waals surface area contributed by atoms with Crippen molar-refractivity contribution in [3.63, 3.8) is 0 Å². The van der Waals surface area contributed by atoms with Gasteiger partial charge in [0.1, 0.15) is 11.1 Å². The van der Waals surface area contributed by atoms with Gasteiger partial charge in [-0.3, -0.25) is 4.79 Å². The molecule has 0 amide bonds.